The molecule has 1 rings (SSSR count). The number of benzene rings is 1. The van der Waals surface area contributed by atoms with E-state index < -0.39 is 10.0 Å². The van der Waals surface area contributed by atoms with E-state index in [1.165, 1.54) is 6.21 Å². The Morgan fingerprint density at radius 1 is 1.25 bits per heavy atom. The molecule has 0 bridgehead atoms. The summed E-state index contributed by atoms with van der Waals surface area (Å²) in [6, 6.07) is 6.70. The van der Waals surface area contributed by atoms with Crippen LogP contribution in [-0.4, -0.2) is 14.6 Å². The number of hydrogen-bond acceptors (Lipinski definition) is 2. The molecule has 0 unspecified atom stereocenters. The van der Waals surface area contributed by atoms with Crippen LogP contribution >= 0.6 is 0 Å². The number of hydrogen-bond donors (Lipinski definition) is 0. The van der Waals surface area contributed by atoms with Crippen LogP contribution in [0.15, 0.2) is 33.6 Å². The molecule has 0 radical (unpaired) electrons. The summed E-state index contributed by atoms with van der Waals surface area (Å²) in [6.07, 6.45) is 2.14. The predicted molar refractivity (Wildman–Crippen MR) is 66.3 cm³/mol. The summed E-state index contributed by atoms with van der Waals surface area (Å²) in [4.78, 5) is 0.248. The fourth-order valence-corrected chi connectivity index (χ4v) is 2.01. The zero-order valence-corrected chi connectivity index (χ0v) is 10.7. The van der Waals surface area contributed by atoms with Gasteiger partial charge >= 0.3 is 0 Å². The van der Waals surface area contributed by atoms with Crippen LogP contribution in [0.5, 0.6) is 0 Å². The molecule has 0 atom stereocenters. The molecule has 88 valence electrons. The van der Waals surface area contributed by atoms with Gasteiger partial charge in [-0.05, 0) is 31.4 Å². The van der Waals surface area contributed by atoms with Gasteiger partial charge in [-0.3, -0.25) is 0 Å². The van der Waals surface area contributed by atoms with Crippen LogP contribution in [0.1, 0.15) is 25.8 Å². The molecule has 0 aliphatic heterocycles. The lowest BCUT2D eigenvalue weighted by atomic mass is 10.2. The summed E-state index contributed by atoms with van der Waals surface area (Å²) in [6.45, 7) is 5.95. The van der Waals surface area contributed by atoms with Gasteiger partial charge in [-0.15, -0.1) is 0 Å². The van der Waals surface area contributed by atoms with Crippen molar-refractivity contribution in [3.8, 4) is 0 Å². The van der Waals surface area contributed by atoms with Gasteiger partial charge in [-0.1, -0.05) is 31.5 Å². The van der Waals surface area contributed by atoms with Crippen LogP contribution in [0.4, 0.5) is 0 Å². The van der Waals surface area contributed by atoms with E-state index in [1.807, 2.05) is 20.8 Å². The van der Waals surface area contributed by atoms with Crippen LogP contribution < -0.4 is 0 Å². The fourth-order valence-electron chi connectivity index (χ4n) is 1.12. The van der Waals surface area contributed by atoms with Gasteiger partial charge in [0.2, 0.25) is 0 Å². The van der Waals surface area contributed by atoms with Crippen LogP contribution in [0.2, 0.25) is 0 Å². The third-order valence-corrected chi connectivity index (χ3v) is 3.40. The van der Waals surface area contributed by atoms with Gasteiger partial charge in [0.25, 0.3) is 10.0 Å². The third kappa shape index (κ3) is 3.77. The van der Waals surface area contributed by atoms with Crippen molar-refractivity contribution in [2.45, 2.75) is 32.1 Å². The van der Waals surface area contributed by atoms with Gasteiger partial charge in [0.05, 0.1) is 4.90 Å². The van der Waals surface area contributed by atoms with Gasteiger partial charge < -0.3 is 0 Å². The van der Waals surface area contributed by atoms with Gasteiger partial charge in [0, 0.05) is 6.21 Å². The lowest BCUT2D eigenvalue weighted by Crippen LogP contribution is -1.98. The first-order valence-electron chi connectivity index (χ1n) is 5.27. The molecule has 0 aromatic heterocycles. The fraction of sp³-hybridized carbons (Fsp3) is 0.417. The molecule has 0 amide bonds. The Morgan fingerprint density at radius 2 is 1.81 bits per heavy atom. The van der Waals surface area contributed by atoms with Crippen molar-refractivity contribution < 1.29 is 8.42 Å². The molecule has 0 aliphatic rings. The summed E-state index contributed by atoms with van der Waals surface area (Å²) in [5, 5.41) is 0. The normalized spacial score (nSPS) is 12.5. The van der Waals surface area contributed by atoms with Crippen molar-refractivity contribution in [3.05, 3.63) is 29.8 Å². The second-order valence-electron chi connectivity index (χ2n) is 4.21. The summed E-state index contributed by atoms with van der Waals surface area (Å²) < 4.78 is 27.1. The van der Waals surface area contributed by atoms with Crippen LogP contribution in [0, 0.1) is 12.8 Å². The van der Waals surface area contributed by atoms with Gasteiger partial charge in [0.15, 0.2) is 0 Å². The van der Waals surface area contributed by atoms with Crippen LogP contribution in [0.25, 0.3) is 0 Å². The van der Waals surface area contributed by atoms with Crippen molar-refractivity contribution >= 4 is 16.2 Å². The Kier molecular flexibility index (Phi) is 4.24. The van der Waals surface area contributed by atoms with Gasteiger partial charge in [-0.25, -0.2) is 0 Å². The molecule has 0 fully saturated rings. The second-order valence-corrected chi connectivity index (χ2v) is 5.84. The molecule has 1 aromatic carbocycles. The van der Waals surface area contributed by atoms with Crippen molar-refractivity contribution in [2.24, 2.45) is 10.3 Å². The first kappa shape index (κ1) is 12.9. The highest BCUT2D eigenvalue weighted by Gasteiger charge is 2.10. The summed E-state index contributed by atoms with van der Waals surface area (Å²) in [5.41, 5.74) is 1.03. The standard InChI is InChI=1S/C12H17NO2S/c1-10(2)8-9-13-16(14,15)12-6-4-11(3)5-7-12/h4-7,9-10H,8H2,1-3H3. The highest BCUT2D eigenvalue weighted by atomic mass is 32.2. The quantitative estimate of drug-likeness (QED) is 0.758. The summed E-state index contributed by atoms with van der Waals surface area (Å²) in [7, 11) is -3.50. The van der Waals surface area contributed by atoms with Crippen LogP contribution in [-0.2, 0) is 10.0 Å². The Hall–Kier alpha value is -1.16. The number of aryl methyl sites for hydroxylation is 1. The Bertz CT molecular complexity index is 458. The van der Waals surface area contributed by atoms with Crippen molar-refractivity contribution in [1.82, 2.24) is 0 Å². The smallest absolute Gasteiger partial charge is 0.199 e. The van der Waals surface area contributed by atoms with E-state index in [2.05, 4.69) is 4.40 Å². The molecule has 0 N–H and O–H groups in total. The molecular formula is C12H17NO2S. The zero-order valence-electron chi connectivity index (χ0n) is 9.84. The van der Waals surface area contributed by atoms with Gasteiger partial charge in [-0.2, -0.15) is 12.8 Å². The topological polar surface area (TPSA) is 46.5 Å². The van der Waals surface area contributed by atoms with E-state index >= 15 is 0 Å². The van der Waals surface area contributed by atoms with E-state index in [0.29, 0.717) is 12.3 Å². The zero-order chi connectivity index (χ0) is 12.2. The molecule has 0 aliphatic carbocycles. The Morgan fingerprint density at radius 3 is 2.31 bits per heavy atom. The number of rotatable bonds is 4. The van der Waals surface area contributed by atoms with Crippen molar-refractivity contribution in [2.75, 3.05) is 0 Å². The first-order chi connectivity index (χ1) is 7.42. The minimum absolute atomic E-state index is 0.248. The predicted octanol–water partition coefficient (Wildman–Crippen LogP) is 2.80. The van der Waals surface area contributed by atoms with Crippen LogP contribution in [0.3, 0.4) is 0 Å². The minimum Gasteiger partial charge on any atom is -0.199 e. The number of nitrogens with zero attached hydrogens (tertiary/aromatic N) is 1. The maximum atomic E-state index is 11.7. The van der Waals surface area contributed by atoms with Gasteiger partial charge in [0.1, 0.15) is 0 Å². The molecule has 0 spiro atoms. The molecule has 1 aromatic rings. The Labute approximate surface area is 97.3 Å². The minimum atomic E-state index is -3.50. The van der Waals surface area contributed by atoms with E-state index in [-0.39, 0.29) is 4.90 Å². The molecule has 16 heavy (non-hydrogen) atoms. The molecule has 3 nitrogen and oxygen atoms in total. The Balaban J connectivity index is 2.86. The highest BCUT2D eigenvalue weighted by Crippen LogP contribution is 2.13. The lowest BCUT2D eigenvalue weighted by molar-refractivity contribution is 0.597. The molecule has 4 heteroatoms. The lowest BCUT2D eigenvalue weighted by Gasteiger charge is -2.00. The molecule has 0 heterocycles. The third-order valence-electron chi connectivity index (χ3n) is 2.11. The largest absolute Gasteiger partial charge is 0.281 e. The average Bonchev–Trinajstić information content (AvgIpc) is 2.17. The second kappa shape index (κ2) is 5.25. The SMILES string of the molecule is Cc1ccc(S(=O)(=O)N=CCC(C)C)cc1. The summed E-state index contributed by atoms with van der Waals surface area (Å²) in [5.74, 6) is 0.414. The van der Waals surface area contributed by atoms with E-state index in [1.54, 1.807) is 24.3 Å². The molecule has 0 saturated carbocycles. The van der Waals surface area contributed by atoms with Crippen molar-refractivity contribution in [3.63, 3.8) is 0 Å². The molecular weight excluding hydrogens is 222 g/mol. The maximum absolute atomic E-state index is 11.7. The van der Waals surface area contributed by atoms with E-state index in [9.17, 15) is 8.42 Å². The maximum Gasteiger partial charge on any atom is 0.281 e. The number of sulfonamides is 1. The molecule has 0 saturated heterocycles. The average molecular weight is 239 g/mol. The first-order valence-corrected chi connectivity index (χ1v) is 6.71. The highest BCUT2D eigenvalue weighted by molar-refractivity contribution is 7.90. The van der Waals surface area contributed by atoms with Crippen molar-refractivity contribution in [1.29, 1.82) is 0 Å². The van der Waals surface area contributed by atoms with E-state index in [4.69, 9.17) is 0 Å². The summed E-state index contributed by atoms with van der Waals surface area (Å²) >= 11 is 0. The monoisotopic (exact) mass is 239 g/mol. The van der Waals surface area contributed by atoms with E-state index in [0.717, 1.165) is 5.56 Å².